The maximum atomic E-state index is 13.8. The summed E-state index contributed by atoms with van der Waals surface area (Å²) in [5.41, 5.74) is 1.58. The molecule has 4 heteroatoms. The van der Waals surface area contributed by atoms with E-state index in [1.807, 2.05) is 31.2 Å². The fourth-order valence-electron chi connectivity index (χ4n) is 5.59. The predicted molar refractivity (Wildman–Crippen MR) is 132 cm³/mol. The van der Waals surface area contributed by atoms with Crippen LogP contribution in [0.3, 0.4) is 0 Å². The molecule has 0 radical (unpaired) electrons. The first kappa shape index (κ1) is 24.9. The molecule has 1 aromatic carbocycles. The number of hydrogen-bond acceptors (Lipinski definition) is 2. The molecule has 0 spiro atoms. The SMILES string of the molecule is CCCC[PH](CCCC)(CCCC)C1CCCCC1S(=O)(=O)c1ccc(C)cc1. The molecule has 1 aliphatic carbocycles. The van der Waals surface area contributed by atoms with Crippen molar-refractivity contribution in [2.75, 3.05) is 18.5 Å². The van der Waals surface area contributed by atoms with E-state index in [0.29, 0.717) is 10.6 Å². The van der Waals surface area contributed by atoms with Crippen molar-refractivity contribution in [1.29, 1.82) is 0 Å². The van der Waals surface area contributed by atoms with Crippen molar-refractivity contribution in [2.24, 2.45) is 0 Å². The predicted octanol–water partition coefficient (Wildman–Crippen LogP) is 7.23. The summed E-state index contributed by atoms with van der Waals surface area (Å²) in [4.78, 5) is 0.560. The van der Waals surface area contributed by atoms with Crippen molar-refractivity contribution in [3.63, 3.8) is 0 Å². The van der Waals surface area contributed by atoms with Crippen LogP contribution in [-0.2, 0) is 9.84 Å². The van der Waals surface area contributed by atoms with E-state index in [1.54, 1.807) is 0 Å². The van der Waals surface area contributed by atoms with Crippen molar-refractivity contribution < 1.29 is 8.42 Å². The van der Waals surface area contributed by atoms with Crippen LogP contribution in [0, 0.1) is 6.92 Å². The molecule has 29 heavy (non-hydrogen) atoms. The van der Waals surface area contributed by atoms with Crippen LogP contribution in [-0.4, -0.2) is 37.8 Å². The first-order valence-electron chi connectivity index (χ1n) is 12.2. The Hall–Kier alpha value is -0.400. The molecule has 1 saturated carbocycles. The quantitative estimate of drug-likeness (QED) is 0.321. The molecule has 2 nitrogen and oxygen atoms in total. The maximum absolute atomic E-state index is 13.8. The second-order valence-electron chi connectivity index (χ2n) is 9.46. The summed E-state index contributed by atoms with van der Waals surface area (Å²) < 4.78 is 27.6. The Morgan fingerprint density at radius 2 is 1.31 bits per heavy atom. The average Bonchev–Trinajstić information content (AvgIpc) is 2.74. The molecule has 0 aromatic heterocycles. The summed E-state index contributed by atoms with van der Waals surface area (Å²) in [7, 11) is -4.90. The molecule has 0 amide bonds. The number of unbranched alkanes of at least 4 members (excludes halogenated alkanes) is 3. The Labute approximate surface area is 181 Å². The summed E-state index contributed by atoms with van der Waals surface area (Å²) in [5.74, 6) is 0. The van der Waals surface area contributed by atoms with Gasteiger partial charge in [-0.3, -0.25) is 0 Å². The number of aryl methyl sites for hydroxylation is 1. The van der Waals surface area contributed by atoms with Gasteiger partial charge in [0.15, 0.2) is 0 Å². The molecule has 1 aliphatic rings. The second-order valence-corrected chi connectivity index (χ2v) is 16.6. The van der Waals surface area contributed by atoms with Gasteiger partial charge in [-0.25, -0.2) is 0 Å². The van der Waals surface area contributed by atoms with Crippen LogP contribution in [0.5, 0.6) is 0 Å². The molecule has 0 N–H and O–H groups in total. The third-order valence-corrected chi connectivity index (χ3v) is 16.2. The van der Waals surface area contributed by atoms with Crippen LogP contribution in [0.1, 0.15) is 90.5 Å². The Morgan fingerprint density at radius 3 is 1.79 bits per heavy atom. The summed E-state index contributed by atoms with van der Waals surface area (Å²) in [6.07, 6.45) is 15.9. The van der Waals surface area contributed by atoms with Gasteiger partial charge in [-0.15, -0.1) is 0 Å². The first-order valence-corrected chi connectivity index (χ1v) is 16.5. The molecular weight excluding hydrogens is 395 g/mol. The molecule has 0 aliphatic heterocycles. The van der Waals surface area contributed by atoms with Crippen molar-refractivity contribution in [2.45, 2.75) is 108 Å². The van der Waals surface area contributed by atoms with Crippen molar-refractivity contribution in [3.05, 3.63) is 29.8 Å². The molecule has 1 fully saturated rings. The van der Waals surface area contributed by atoms with Gasteiger partial charge in [-0.05, 0) is 0 Å². The molecule has 2 atom stereocenters. The van der Waals surface area contributed by atoms with Gasteiger partial charge in [0.1, 0.15) is 0 Å². The van der Waals surface area contributed by atoms with Crippen LogP contribution >= 0.6 is 7.26 Å². The van der Waals surface area contributed by atoms with Gasteiger partial charge in [-0.1, -0.05) is 0 Å². The summed E-state index contributed by atoms with van der Waals surface area (Å²) in [5, 5.41) is -0.142. The topological polar surface area (TPSA) is 34.1 Å². The summed E-state index contributed by atoms with van der Waals surface area (Å²) in [6, 6.07) is 7.62. The molecule has 2 rings (SSSR count). The van der Waals surface area contributed by atoms with Gasteiger partial charge < -0.3 is 0 Å². The molecule has 168 valence electrons. The third-order valence-electron chi connectivity index (χ3n) is 7.32. The van der Waals surface area contributed by atoms with E-state index in [0.717, 1.165) is 24.8 Å². The molecule has 0 bridgehead atoms. The monoisotopic (exact) mass is 440 g/mol. The van der Waals surface area contributed by atoms with E-state index >= 15 is 0 Å². The minimum atomic E-state index is -3.25. The molecular formula is C25H45O2PS. The first-order chi connectivity index (χ1) is 13.9. The van der Waals surface area contributed by atoms with E-state index in [1.165, 1.54) is 63.4 Å². The summed E-state index contributed by atoms with van der Waals surface area (Å²) >= 11 is 0. The van der Waals surface area contributed by atoms with Crippen LogP contribution in [0.4, 0.5) is 0 Å². The van der Waals surface area contributed by atoms with Crippen molar-refractivity contribution in [1.82, 2.24) is 0 Å². The zero-order chi connectivity index (χ0) is 21.3. The zero-order valence-electron chi connectivity index (χ0n) is 19.4. The van der Waals surface area contributed by atoms with Gasteiger partial charge in [0, 0.05) is 0 Å². The van der Waals surface area contributed by atoms with Crippen LogP contribution in [0.25, 0.3) is 0 Å². The van der Waals surface area contributed by atoms with Crippen LogP contribution < -0.4 is 0 Å². The Bertz CT molecular complexity index is 674. The van der Waals surface area contributed by atoms with Gasteiger partial charge in [0.25, 0.3) is 0 Å². The number of sulfone groups is 1. The molecule has 1 aromatic rings. The molecule has 0 saturated heterocycles. The minimum absolute atomic E-state index is 0.142. The Kier molecular flexibility index (Phi) is 10.2. The van der Waals surface area contributed by atoms with Gasteiger partial charge in [0.2, 0.25) is 0 Å². The van der Waals surface area contributed by atoms with E-state index in [-0.39, 0.29) is 5.25 Å². The van der Waals surface area contributed by atoms with E-state index in [4.69, 9.17) is 0 Å². The van der Waals surface area contributed by atoms with Crippen molar-refractivity contribution in [3.8, 4) is 0 Å². The fraction of sp³-hybridized carbons (Fsp3) is 0.760. The summed E-state index contributed by atoms with van der Waals surface area (Å²) in [6.45, 7) is 8.90. The Morgan fingerprint density at radius 1 is 0.828 bits per heavy atom. The van der Waals surface area contributed by atoms with Crippen LogP contribution in [0.2, 0.25) is 0 Å². The van der Waals surface area contributed by atoms with Crippen molar-refractivity contribution >= 4 is 17.1 Å². The number of hydrogen-bond donors (Lipinski definition) is 0. The normalized spacial score (nSPS) is 21.2. The van der Waals surface area contributed by atoms with Crippen LogP contribution in [0.15, 0.2) is 29.2 Å². The third kappa shape index (κ3) is 6.30. The second kappa shape index (κ2) is 11.8. The van der Waals surface area contributed by atoms with Gasteiger partial charge >= 0.3 is 182 Å². The van der Waals surface area contributed by atoms with Gasteiger partial charge in [-0.2, -0.15) is 0 Å². The average molecular weight is 441 g/mol. The van der Waals surface area contributed by atoms with E-state index < -0.39 is 17.1 Å². The standard InChI is InChI=1S/C25H45O2PS/c1-5-8-19-28(20-9-6-2,21-10-7-3)24-13-11-12-14-25(24)29(26,27)23-17-15-22(4)16-18-23/h15-18,24-25,28H,5-14,19-21H2,1-4H3. The van der Waals surface area contributed by atoms with E-state index in [9.17, 15) is 8.42 Å². The number of rotatable bonds is 12. The van der Waals surface area contributed by atoms with Gasteiger partial charge in [0.05, 0.1) is 0 Å². The van der Waals surface area contributed by atoms with E-state index in [2.05, 4.69) is 20.8 Å². The number of benzene rings is 1. The Balaban J connectivity index is 2.45. The molecule has 0 heterocycles. The molecule has 2 unspecified atom stereocenters. The zero-order valence-corrected chi connectivity index (χ0v) is 21.2. The fourth-order valence-corrected chi connectivity index (χ4v) is 15.7.